The Bertz CT molecular complexity index is 447. The second-order valence-electron chi connectivity index (χ2n) is 5.65. The monoisotopic (exact) mass is 298 g/mol. The molecule has 120 valence electrons. The van der Waals surface area contributed by atoms with Crippen molar-refractivity contribution in [1.82, 2.24) is 9.78 Å². The first-order valence-electron chi connectivity index (χ1n) is 7.57. The van der Waals surface area contributed by atoms with E-state index in [1.165, 1.54) is 0 Å². The molecule has 1 aromatic heterocycles. The number of aliphatic hydroxyl groups is 1. The highest BCUT2D eigenvalue weighted by atomic mass is 16.5. The van der Waals surface area contributed by atoms with E-state index in [0.717, 1.165) is 0 Å². The second kappa shape index (κ2) is 6.77. The Morgan fingerprint density at radius 1 is 1.43 bits per heavy atom. The van der Waals surface area contributed by atoms with Gasteiger partial charge in [-0.1, -0.05) is 0 Å². The van der Waals surface area contributed by atoms with Crippen molar-refractivity contribution in [2.45, 2.75) is 51.4 Å². The Balaban J connectivity index is 2.40. The van der Waals surface area contributed by atoms with Crippen molar-refractivity contribution in [2.75, 3.05) is 26.9 Å². The summed E-state index contributed by atoms with van der Waals surface area (Å²) in [4.78, 5) is 0. The van der Waals surface area contributed by atoms with Crippen molar-refractivity contribution in [3.63, 3.8) is 0 Å². The molecule has 0 amide bonds. The van der Waals surface area contributed by atoms with Crippen LogP contribution in [0.3, 0.4) is 0 Å². The Morgan fingerprint density at radius 2 is 2.10 bits per heavy atom. The van der Waals surface area contributed by atoms with Gasteiger partial charge in [0.1, 0.15) is 17.4 Å². The SMILES string of the molecule is CCOC1(C(O)c2c(OC)cnn2C(C)C)CCOCC1. The van der Waals surface area contributed by atoms with Gasteiger partial charge in [0.25, 0.3) is 0 Å². The Kier molecular flexibility index (Phi) is 5.24. The molecular weight excluding hydrogens is 272 g/mol. The van der Waals surface area contributed by atoms with Crippen molar-refractivity contribution < 1.29 is 19.3 Å². The minimum Gasteiger partial charge on any atom is -0.493 e. The van der Waals surface area contributed by atoms with E-state index in [0.29, 0.717) is 44.1 Å². The molecule has 21 heavy (non-hydrogen) atoms. The normalized spacial score (nSPS) is 19.7. The molecule has 1 saturated heterocycles. The van der Waals surface area contributed by atoms with Crippen LogP contribution in [-0.2, 0) is 9.47 Å². The van der Waals surface area contributed by atoms with Gasteiger partial charge in [0.05, 0.1) is 13.3 Å². The van der Waals surface area contributed by atoms with E-state index in [-0.39, 0.29) is 6.04 Å². The quantitative estimate of drug-likeness (QED) is 0.871. The number of nitrogens with zero attached hydrogens (tertiary/aromatic N) is 2. The summed E-state index contributed by atoms with van der Waals surface area (Å²) in [5.41, 5.74) is 0.0512. The Hall–Kier alpha value is -1.11. The lowest BCUT2D eigenvalue weighted by Crippen LogP contribution is -2.45. The maximum atomic E-state index is 11.0. The van der Waals surface area contributed by atoms with Crippen molar-refractivity contribution in [3.8, 4) is 5.75 Å². The van der Waals surface area contributed by atoms with Gasteiger partial charge in [-0.2, -0.15) is 5.10 Å². The molecule has 1 atom stereocenters. The molecule has 0 spiro atoms. The molecule has 0 saturated carbocycles. The van der Waals surface area contributed by atoms with Gasteiger partial charge in [0, 0.05) is 38.7 Å². The van der Waals surface area contributed by atoms with Gasteiger partial charge in [0.15, 0.2) is 5.75 Å². The molecular formula is C15H26N2O4. The van der Waals surface area contributed by atoms with Gasteiger partial charge in [-0.25, -0.2) is 0 Å². The molecule has 1 aromatic rings. The van der Waals surface area contributed by atoms with Crippen LogP contribution in [-0.4, -0.2) is 47.4 Å². The molecule has 0 aromatic carbocycles. The molecule has 1 N–H and O–H groups in total. The standard InChI is InChI=1S/C15H26N2O4/c1-5-21-15(6-8-20-9-7-15)14(18)13-12(19-4)10-16-17(13)11(2)3/h10-11,14,18H,5-9H2,1-4H3. The first-order valence-corrected chi connectivity index (χ1v) is 7.57. The summed E-state index contributed by atoms with van der Waals surface area (Å²) in [7, 11) is 1.59. The van der Waals surface area contributed by atoms with Gasteiger partial charge >= 0.3 is 0 Å². The van der Waals surface area contributed by atoms with Crippen molar-refractivity contribution in [2.24, 2.45) is 0 Å². The van der Waals surface area contributed by atoms with Crippen LogP contribution in [0.2, 0.25) is 0 Å². The minimum absolute atomic E-state index is 0.136. The zero-order chi connectivity index (χ0) is 15.5. The highest BCUT2D eigenvalue weighted by Gasteiger charge is 2.44. The van der Waals surface area contributed by atoms with E-state index < -0.39 is 11.7 Å². The lowest BCUT2D eigenvalue weighted by Gasteiger charge is -2.40. The van der Waals surface area contributed by atoms with E-state index >= 15 is 0 Å². The molecule has 0 radical (unpaired) electrons. The Morgan fingerprint density at radius 3 is 2.62 bits per heavy atom. The summed E-state index contributed by atoms with van der Waals surface area (Å²) in [6.45, 7) is 7.74. The summed E-state index contributed by atoms with van der Waals surface area (Å²) < 4.78 is 18.6. The molecule has 1 unspecified atom stereocenters. The number of ether oxygens (including phenoxy) is 3. The van der Waals surface area contributed by atoms with Crippen LogP contribution in [0.5, 0.6) is 5.75 Å². The van der Waals surface area contributed by atoms with Gasteiger partial charge in [-0.3, -0.25) is 4.68 Å². The number of methoxy groups -OCH3 is 1. The molecule has 2 heterocycles. The number of rotatable bonds is 6. The van der Waals surface area contributed by atoms with Crippen LogP contribution in [0.4, 0.5) is 0 Å². The van der Waals surface area contributed by atoms with Crippen molar-refractivity contribution in [1.29, 1.82) is 0 Å². The van der Waals surface area contributed by atoms with Crippen LogP contribution in [0.1, 0.15) is 51.5 Å². The fraction of sp³-hybridized carbons (Fsp3) is 0.800. The first-order chi connectivity index (χ1) is 10.1. The third-order valence-electron chi connectivity index (χ3n) is 4.04. The molecule has 1 aliphatic rings. The van der Waals surface area contributed by atoms with Crippen molar-refractivity contribution >= 4 is 0 Å². The van der Waals surface area contributed by atoms with Crippen molar-refractivity contribution in [3.05, 3.63) is 11.9 Å². The van der Waals surface area contributed by atoms with Gasteiger partial charge in [0.2, 0.25) is 0 Å². The van der Waals surface area contributed by atoms with Gasteiger partial charge in [-0.05, 0) is 20.8 Å². The highest BCUT2D eigenvalue weighted by molar-refractivity contribution is 5.30. The van der Waals surface area contributed by atoms with Crippen LogP contribution in [0, 0.1) is 0 Å². The average Bonchev–Trinajstić information content (AvgIpc) is 2.91. The first kappa shape index (κ1) is 16.3. The topological polar surface area (TPSA) is 65.7 Å². The molecule has 0 bridgehead atoms. The number of aromatic nitrogens is 2. The van der Waals surface area contributed by atoms with E-state index in [9.17, 15) is 5.11 Å². The zero-order valence-electron chi connectivity index (χ0n) is 13.3. The lowest BCUT2D eigenvalue weighted by atomic mass is 9.85. The van der Waals surface area contributed by atoms with E-state index in [4.69, 9.17) is 14.2 Å². The molecule has 2 rings (SSSR count). The summed E-state index contributed by atoms with van der Waals surface area (Å²) >= 11 is 0. The Labute approximate surface area is 126 Å². The largest absolute Gasteiger partial charge is 0.493 e. The summed E-state index contributed by atoms with van der Waals surface area (Å²) in [5.74, 6) is 0.599. The molecule has 0 aliphatic carbocycles. The van der Waals surface area contributed by atoms with E-state index in [2.05, 4.69) is 5.10 Å². The fourth-order valence-electron chi connectivity index (χ4n) is 2.93. The number of aliphatic hydroxyl groups excluding tert-OH is 1. The predicted molar refractivity (Wildman–Crippen MR) is 78.5 cm³/mol. The predicted octanol–water partition coefficient (Wildman–Crippen LogP) is 2.09. The fourth-order valence-corrected chi connectivity index (χ4v) is 2.93. The summed E-state index contributed by atoms with van der Waals surface area (Å²) in [6.07, 6.45) is 2.18. The highest BCUT2D eigenvalue weighted by Crippen LogP contribution is 2.41. The maximum Gasteiger partial charge on any atom is 0.162 e. The summed E-state index contributed by atoms with van der Waals surface area (Å²) in [5, 5.41) is 15.4. The molecule has 1 fully saturated rings. The van der Waals surface area contributed by atoms with Crippen LogP contribution in [0.25, 0.3) is 0 Å². The third-order valence-corrected chi connectivity index (χ3v) is 4.04. The molecule has 6 nitrogen and oxygen atoms in total. The van der Waals surface area contributed by atoms with Crippen LogP contribution in [0.15, 0.2) is 6.20 Å². The van der Waals surface area contributed by atoms with E-state index in [1.54, 1.807) is 18.0 Å². The molecule has 6 heteroatoms. The second-order valence-corrected chi connectivity index (χ2v) is 5.65. The lowest BCUT2D eigenvalue weighted by molar-refractivity contribution is -0.170. The van der Waals surface area contributed by atoms with Crippen LogP contribution >= 0.6 is 0 Å². The minimum atomic E-state index is -0.791. The molecule has 1 aliphatic heterocycles. The number of hydrogen-bond acceptors (Lipinski definition) is 5. The zero-order valence-corrected chi connectivity index (χ0v) is 13.3. The average molecular weight is 298 g/mol. The van der Waals surface area contributed by atoms with Crippen LogP contribution < -0.4 is 4.74 Å². The van der Waals surface area contributed by atoms with Gasteiger partial charge in [-0.15, -0.1) is 0 Å². The third kappa shape index (κ3) is 3.07. The van der Waals surface area contributed by atoms with Gasteiger partial charge < -0.3 is 19.3 Å². The smallest absolute Gasteiger partial charge is 0.162 e. The van der Waals surface area contributed by atoms with E-state index in [1.807, 2.05) is 20.8 Å². The maximum absolute atomic E-state index is 11.0. The summed E-state index contributed by atoms with van der Waals surface area (Å²) in [6, 6.07) is 0.136. The number of hydrogen-bond donors (Lipinski definition) is 1.